The van der Waals surface area contributed by atoms with Gasteiger partial charge in [-0.2, -0.15) is 0 Å². The van der Waals surface area contributed by atoms with E-state index in [0.29, 0.717) is 29.3 Å². The van der Waals surface area contributed by atoms with Gasteiger partial charge in [-0.3, -0.25) is 24.1 Å². The van der Waals surface area contributed by atoms with E-state index in [1.165, 1.54) is 9.80 Å². The van der Waals surface area contributed by atoms with Crippen LogP contribution >= 0.6 is 23.2 Å². The number of carbonyl (C=O) groups excluding carboxylic acids is 4. The number of allylic oxidation sites excluding steroid dienone is 2. The number of halogens is 2. The van der Waals surface area contributed by atoms with Crippen LogP contribution in [0.2, 0.25) is 10.0 Å². The van der Waals surface area contributed by atoms with Crippen LogP contribution < -0.4 is 5.32 Å². The quantitative estimate of drug-likeness (QED) is 0.404. The third-order valence-corrected chi connectivity index (χ3v) is 7.04. The molecule has 1 N–H and O–H groups in total. The summed E-state index contributed by atoms with van der Waals surface area (Å²) in [4.78, 5) is 54.5. The predicted molar refractivity (Wildman–Crippen MR) is 131 cm³/mol. The summed E-state index contributed by atoms with van der Waals surface area (Å²) in [7, 11) is 0. The molecule has 1 aliphatic heterocycles. The van der Waals surface area contributed by atoms with Gasteiger partial charge in [0.25, 0.3) is 0 Å². The average Bonchev–Trinajstić information content (AvgIpc) is 3.03. The number of imide groups is 1. The zero-order chi connectivity index (χ0) is 25.0. The van der Waals surface area contributed by atoms with E-state index in [2.05, 4.69) is 5.32 Å². The molecular formula is C25H31Cl2N3O4. The van der Waals surface area contributed by atoms with Crippen molar-refractivity contribution in [2.75, 3.05) is 6.54 Å². The lowest BCUT2D eigenvalue weighted by molar-refractivity contribution is -0.144. The second kappa shape index (κ2) is 11.4. The fourth-order valence-electron chi connectivity index (χ4n) is 4.58. The minimum atomic E-state index is -0.707. The number of nitrogens with zero attached hydrogens (tertiary/aromatic N) is 2. The molecule has 1 fully saturated rings. The lowest BCUT2D eigenvalue weighted by atomic mass is 9.85. The SMILES string of the molecule is CC[C@H](C(=O)NC(C)C)N(Cc1ccc(Cl)c(Cl)c1)C(=O)CCN1C(=O)[C@H]2CC=CC[C@H]2C1=O. The maximum Gasteiger partial charge on any atom is 0.243 e. The summed E-state index contributed by atoms with van der Waals surface area (Å²) in [5, 5.41) is 3.63. The Morgan fingerprint density at radius 1 is 1.09 bits per heavy atom. The molecule has 34 heavy (non-hydrogen) atoms. The van der Waals surface area contributed by atoms with Crippen LogP contribution in [0.1, 0.15) is 52.0 Å². The van der Waals surface area contributed by atoms with Gasteiger partial charge in [0, 0.05) is 25.6 Å². The number of benzene rings is 1. The standard InChI is InChI=1S/C25H31Cl2N3O4/c1-4-21(23(32)28-15(2)3)30(14-16-9-10-19(26)20(27)13-16)22(31)11-12-29-24(33)17-7-5-6-8-18(17)25(29)34/h5-6,9-10,13,15,17-18,21H,4,7-8,11-12,14H2,1-3H3,(H,28,32)/t17-,18+,21-/m1/s1. The van der Waals surface area contributed by atoms with Crippen molar-refractivity contribution in [2.45, 2.75) is 65.1 Å². The normalized spacial score (nSPS) is 20.5. The number of fused-ring (bicyclic) bond motifs is 1. The smallest absolute Gasteiger partial charge is 0.243 e. The van der Waals surface area contributed by atoms with Gasteiger partial charge in [0.2, 0.25) is 23.6 Å². The molecule has 184 valence electrons. The van der Waals surface area contributed by atoms with E-state index >= 15 is 0 Å². The lowest BCUT2D eigenvalue weighted by Crippen LogP contribution is -2.51. The summed E-state index contributed by atoms with van der Waals surface area (Å²) >= 11 is 12.2. The zero-order valence-electron chi connectivity index (χ0n) is 19.7. The molecule has 4 amide bonds. The first-order chi connectivity index (χ1) is 16.1. The Hall–Kier alpha value is -2.38. The molecule has 1 aromatic rings. The largest absolute Gasteiger partial charge is 0.352 e. The van der Waals surface area contributed by atoms with E-state index in [0.717, 1.165) is 5.56 Å². The molecule has 3 atom stereocenters. The summed E-state index contributed by atoms with van der Waals surface area (Å²) in [6.45, 7) is 5.70. The van der Waals surface area contributed by atoms with E-state index in [9.17, 15) is 19.2 Å². The molecule has 0 aromatic heterocycles. The fraction of sp³-hybridized carbons (Fsp3) is 0.520. The summed E-state index contributed by atoms with van der Waals surface area (Å²) in [6.07, 6.45) is 5.31. The van der Waals surface area contributed by atoms with Crippen LogP contribution in [0.4, 0.5) is 0 Å². The Morgan fingerprint density at radius 3 is 2.24 bits per heavy atom. The molecule has 0 saturated carbocycles. The maximum atomic E-state index is 13.4. The number of carbonyl (C=O) groups is 4. The molecule has 0 bridgehead atoms. The summed E-state index contributed by atoms with van der Waals surface area (Å²) in [5.74, 6) is -1.66. The van der Waals surface area contributed by atoms with Crippen molar-refractivity contribution in [1.82, 2.24) is 15.1 Å². The monoisotopic (exact) mass is 507 g/mol. The van der Waals surface area contributed by atoms with Gasteiger partial charge < -0.3 is 10.2 Å². The molecule has 2 aliphatic rings. The number of amides is 4. The van der Waals surface area contributed by atoms with E-state index in [-0.39, 0.29) is 61.0 Å². The van der Waals surface area contributed by atoms with Gasteiger partial charge in [-0.05, 0) is 50.8 Å². The fourth-order valence-corrected chi connectivity index (χ4v) is 4.90. The lowest BCUT2D eigenvalue weighted by Gasteiger charge is -2.31. The van der Waals surface area contributed by atoms with Gasteiger partial charge in [-0.1, -0.05) is 48.3 Å². The van der Waals surface area contributed by atoms with Crippen molar-refractivity contribution >= 4 is 46.8 Å². The highest BCUT2D eigenvalue weighted by molar-refractivity contribution is 6.42. The number of rotatable bonds is 9. The van der Waals surface area contributed by atoms with Gasteiger partial charge in [0.1, 0.15) is 6.04 Å². The van der Waals surface area contributed by atoms with Crippen molar-refractivity contribution in [2.24, 2.45) is 11.8 Å². The molecule has 0 radical (unpaired) electrons. The van der Waals surface area contributed by atoms with Crippen molar-refractivity contribution in [3.63, 3.8) is 0 Å². The number of hydrogen-bond acceptors (Lipinski definition) is 4. The minimum absolute atomic E-state index is 0.00358. The van der Waals surface area contributed by atoms with Crippen LogP contribution in [0.3, 0.4) is 0 Å². The van der Waals surface area contributed by atoms with Gasteiger partial charge in [0.05, 0.1) is 21.9 Å². The minimum Gasteiger partial charge on any atom is -0.352 e. The molecule has 1 aromatic carbocycles. The Balaban J connectivity index is 1.78. The van der Waals surface area contributed by atoms with Gasteiger partial charge in [0.15, 0.2) is 0 Å². The van der Waals surface area contributed by atoms with Crippen molar-refractivity contribution in [3.8, 4) is 0 Å². The molecule has 7 nitrogen and oxygen atoms in total. The van der Waals surface area contributed by atoms with Gasteiger partial charge >= 0.3 is 0 Å². The van der Waals surface area contributed by atoms with Crippen LogP contribution in [0.25, 0.3) is 0 Å². The number of likely N-dealkylation sites (tertiary alicyclic amines) is 1. The highest BCUT2D eigenvalue weighted by Gasteiger charge is 2.47. The highest BCUT2D eigenvalue weighted by Crippen LogP contribution is 2.35. The molecule has 0 spiro atoms. The summed E-state index contributed by atoms with van der Waals surface area (Å²) < 4.78 is 0. The van der Waals surface area contributed by atoms with Crippen LogP contribution in [-0.4, -0.2) is 52.1 Å². The van der Waals surface area contributed by atoms with E-state index in [1.54, 1.807) is 18.2 Å². The molecule has 1 saturated heterocycles. The van der Waals surface area contributed by atoms with Crippen molar-refractivity contribution in [3.05, 3.63) is 46.0 Å². The second-order valence-corrected chi connectivity index (χ2v) is 9.91. The third-order valence-electron chi connectivity index (χ3n) is 6.30. The molecule has 3 rings (SSSR count). The van der Waals surface area contributed by atoms with E-state index < -0.39 is 6.04 Å². The molecule has 1 aliphatic carbocycles. The first kappa shape index (κ1) is 26.2. The Bertz CT molecular complexity index is 968. The topological polar surface area (TPSA) is 86.8 Å². The van der Waals surface area contributed by atoms with Gasteiger partial charge in [-0.15, -0.1) is 0 Å². The second-order valence-electron chi connectivity index (χ2n) is 9.09. The summed E-state index contributed by atoms with van der Waals surface area (Å²) in [6, 6.07) is 4.28. The summed E-state index contributed by atoms with van der Waals surface area (Å²) in [5.41, 5.74) is 0.726. The van der Waals surface area contributed by atoms with Crippen LogP contribution in [0.15, 0.2) is 30.4 Å². The Morgan fingerprint density at radius 2 is 1.71 bits per heavy atom. The zero-order valence-corrected chi connectivity index (χ0v) is 21.2. The van der Waals surface area contributed by atoms with Gasteiger partial charge in [-0.25, -0.2) is 0 Å². The molecule has 0 unspecified atom stereocenters. The molecular weight excluding hydrogens is 477 g/mol. The number of hydrogen-bond donors (Lipinski definition) is 1. The maximum absolute atomic E-state index is 13.4. The van der Waals surface area contributed by atoms with E-state index in [1.807, 2.05) is 32.9 Å². The average molecular weight is 508 g/mol. The van der Waals surface area contributed by atoms with E-state index in [4.69, 9.17) is 23.2 Å². The Kier molecular flexibility index (Phi) is 8.77. The number of nitrogens with one attached hydrogen (secondary N) is 1. The van der Waals surface area contributed by atoms with Crippen LogP contribution in [-0.2, 0) is 25.7 Å². The first-order valence-corrected chi connectivity index (χ1v) is 12.4. The molecule has 9 heteroatoms. The van der Waals surface area contributed by atoms with Crippen molar-refractivity contribution in [1.29, 1.82) is 0 Å². The molecule has 1 heterocycles. The highest BCUT2D eigenvalue weighted by atomic mass is 35.5. The predicted octanol–water partition coefficient (Wildman–Crippen LogP) is 3.97. The first-order valence-electron chi connectivity index (χ1n) is 11.7. The van der Waals surface area contributed by atoms with Crippen molar-refractivity contribution < 1.29 is 19.2 Å². The van der Waals surface area contributed by atoms with Crippen LogP contribution in [0.5, 0.6) is 0 Å². The third kappa shape index (κ3) is 5.81. The Labute approximate surface area is 210 Å². The van der Waals surface area contributed by atoms with Crippen LogP contribution in [0, 0.1) is 11.8 Å².